The summed E-state index contributed by atoms with van der Waals surface area (Å²) in [6.07, 6.45) is -2.65. The molecule has 1 saturated heterocycles. The van der Waals surface area contributed by atoms with Gasteiger partial charge in [0.05, 0.1) is 11.7 Å². The molecular weight excluding hydrogens is 337 g/mol. The number of nitrogens with one attached hydrogen (secondary N) is 1. The van der Waals surface area contributed by atoms with E-state index in [2.05, 4.69) is 5.32 Å². The number of carbonyl (C=O) groups excluding carboxylic acids is 2. The van der Waals surface area contributed by atoms with Crippen molar-refractivity contribution >= 4 is 17.5 Å². The van der Waals surface area contributed by atoms with Crippen molar-refractivity contribution in [2.45, 2.75) is 38.5 Å². The van der Waals surface area contributed by atoms with Gasteiger partial charge < -0.3 is 15.0 Å². The first-order chi connectivity index (χ1) is 11.8. The smallest absolute Gasteiger partial charge is 0.376 e. The van der Waals surface area contributed by atoms with Crippen LogP contribution in [-0.4, -0.2) is 42.5 Å². The average Bonchev–Trinajstić information content (AvgIpc) is 3.03. The lowest BCUT2D eigenvalue weighted by Gasteiger charge is -2.24. The Labute approximate surface area is 144 Å². The first-order valence-electron chi connectivity index (χ1n) is 8.10. The molecule has 0 aliphatic carbocycles. The average molecular weight is 358 g/mol. The van der Waals surface area contributed by atoms with Gasteiger partial charge in [0, 0.05) is 38.7 Å². The lowest BCUT2D eigenvalue weighted by atomic mass is 10.2. The summed E-state index contributed by atoms with van der Waals surface area (Å²) in [5, 5.41) is 2.43. The Bertz CT molecular complexity index is 613. The van der Waals surface area contributed by atoms with Gasteiger partial charge in [-0.15, -0.1) is 0 Å². The van der Waals surface area contributed by atoms with Crippen LogP contribution in [-0.2, 0) is 20.5 Å². The van der Waals surface area contributed by atoms with Crippen molar-refractivity contribution in [1.29, 1.82) is 0 Å². The molecule has 25 heavy (non-hydrogen) atoms. The Hall–Kier alpha value is -2.09. The minimum absolute atomic E-state index is 0.00253. The highest BCUT2D eigenvalue weighted by molar-refractivity contribution is 5.91. The number of alkyl halides is 3. The summed E-state index contributed by atoms with van der Waals surface area (Å²) in [5.74, 6) is -0.611. The summed E-state index contributed by atoms with van der Waals surface area (Å²) < 4.78 is 43.5. The summed E-state index contributed by atoms with van der Waals surface area (Å²) in [6, 6.07) is 4.45. The molecule has 1 fully saturated rings. The van der Waals surface area contributed by atoms with Crippen LogP contribution >= 0.6 is 0 Å². The van der Waals surface area contributed by atoms with Crippen molar-refractivity contribution in [3.63, 3.8) is 0 Å². The maximum atomic E-state index is 12.7. The van der Waals surface area contributed by atoms with Crippen molar-refractivity contribution in [1.82, 2.24) is 4.90 Å². The van der Waals surface area contributed by atoms with Gasteiger partial charge in [-0.3, -0.25) is 9.59 Å². The lowest BCUT2D eigenvalue weighted by Crippen LogP contribution is -2.37. The van der Waals surface area contributed by atoms with Crippen LogP contribution in [0.5, 0.6) is 0 Å². The molecule has 1 atom stereocenters. The molecule has 0 spiro atoms. The number of amides is 2. The molecule has 8 heteroatoms. The van der Waals surface area contributed by atoms with Gasteiger partial charge in [-0.05, 0) is 31.0 Å². The van der Waals surface area contributed by atoms with E-state index in [-0.39, 0.29) is 30.7 Å². The molecule has 1 aliphatic heterocycles. The second-order valence-electron chi connectivity index (χ2n) is 5.98. The number of halogens is 3. The maximum Gasteiger partial charge on any atom is 0.416 e. The predicted molar refractivity (Wildman–Crippen MR) is 85.9 cm³/mol. The molecule has 1 N–H and O–H groups in total. The fourth-order valence-electron chi connectivity index (χ4n) is 2.64. The topological polar surface area (TPSA) is 58.6 Å². The molecule has 0 radical (unpaired) electrons. The zero-order valence-electron chi connectivity index (χ0n) is 13.9. The molecule has 2 rings (SSSR count). The van der Waals surface area contributed by atoms with Gasteiger partial charge in [0.2, 0.25) is 11.8 Å². The minimum Gasteiger partial charge on any atom is -0.376 e. The Morgan fingerprint density at radius 1 is 1.36 bits per heavy atom. The summed E-state index contributed by atoms with van der Waals surface area (Å²) >= 11 is 0. The number of anilines is 1. The number of hydrogen-bond acceptors (Lipinski definition) is 3. The standard InChI is InChI=1S/C17H21F3N2O3/c1-12(23)22(11-15-6-3-9-25-15)8-7-16(24)21-14-5-2-4-13(10-14)17(18,19)20/h2,4-5,10,15H,3,6-9,11H2,1H3,(H,21,24). The van der Waals surface area contributed by atoms with Crippen LogP contribution in [0, 0.1) is 0 Å². The molecular formula is C17H21F3N2O3. The third kappa shape index (κ3) is 6.04. The van der Waals surface area contributed by atoms with E-state index in [1.165, 1.54) is 24.0 Å². The molecule has 0 saturated carbocycles. The van der Waals surface area contributed by atoms with Crippen LogP contribution in [0.3, 0.4) is 0 Å². The lowest BCUT2D eigenvalue weighted by molar-refractivity contribution is -0.137. The highest BCUT2D eigenvalue weighted by atomic mass is 19.4. The van der Waals surface area contributed by atoms with E-state index in [9.17, 15) is 22.8 Å². The van der Waals surface area contributed by atoms with E-state index in [1.54, 1.807) is 0 Å². The number of nitrogens with zero attached hydrogens (tertiary/aromatic N) is 1. The highest BCUT2D eigenvalue weighted by Gasteiger charge is 2.30. The van der Waals surface area contributed by atoms with E-state index in [0.29, 0.717) is 13.2 Å². The van der Waals surface area contributed by atoms with E-state index in [4.69, 9.17) is 4.74 Å². The van der Waals surface area contributed by atoms with Gasteiger partial charge in [0.15, 0.2) is 0 Å². The van der Waals surface area contributed by atoms with Crippen LogP contribution < -0.4 is 5.32 Å². The van der Waals surface area contributed by atoms with Crippen LogP contribution in [0.4, 0.5) is 18.9 Å². The largest absolute Gasteiger partial charge is 0.416 e. The zero-order valence-corrected chi connectivity index (χ0v) is 13.9. The van der Waals surface area contributed by atoms with E-state index in [1.807, 2.05) is 0 Å². The van der Waals surface area contributed by atoms with E-state index >= 15 is 0 Å². The third-order valence-corrected chi connectivity index (χ3v) is 3.98. The van der Waals surface area contributed by atoms with Gasteiger partial charge in [0.1, 0.15) is 0 Å². The monoisotopic (exact) mass is 358 g/mol. The van der Waals surface area contributed by atoms with Gasteiger partial charge >= 0.3 is 6.18 Å². The number of hydrogen-bond donors (Lipinski definition) is 1. The van der Waals surface area contributed by atoms with Crippen molar-refractivity contribution in [3.05, 3.63) is 29.8 Å². The zero-order chi connectivity index (χ0) is 18.4. The van der Waals surface area contributed by atoms with Crippen molar-refractivity contribution in [2.24, 2.45) is 0 Å². The van der Waals surface area contributed by atoms with Gasteiger partial charge in [-0.25, -0.2) is 0 Å². The molecule has 2 amide bonds. The first-order valence-corrected chi connectivity index (χ1v) is 8.10. The van der Waals surface area contributed by atoms with Crippen molar-refractivity contribution < 1.29 is 27.5 Å². The molecule has 0 aromatic heterocycles. The SMILES string of the molecule is CC(=O)N(CCC(=O)Nc1cccc(C(F)(F)F)c1)CC1CCCO1. The minimum atomic E-state index is -4.46. The molecule has 0 bridgehead atoms. The van der Waals surface area contributed by atoms with Gasteiger partial charge in [0.25, 0.3) is 0 Å². The van der Waals surface area contributed by atoms with Gasteiger partial charge in [-0.1, -0.05) is 6.07 Å². The first kappa shape index (κ1) is 19.2. The Balaban J connectivity index is 1.87. The molecule has 1 aliphatic rings. The Morgan fingerprint density at radius 3 is 2.72 bits per heavy atom. The predicted octanol–water partition coefficient (Wildman–Crippen LogP) is 3.06. The summed E-state index contributed by atoms with van der Waals surface area (Å²) in [6.45, 7) is 2.71. The molecule has 138 valence electrons. The van der Waals surface area contributed by atoms with Gasteiger partial charge in [-0.2, -0.15) is 13.2 Å². The van der Waals surface area contributed by atoms with Crippen LogP contribution in [0.25, 0.3) is 0 Å². The number of rotatable bonds is 6. The normalized spacial score (nSPS) is 17.4. The van der Waals surface area contributed by atoms with Crippen LogP contribution in [0.2, 0.25) is 0 Å². The third-order valence-electron chi connectivity index (χ3n) is 3.98. The number of ether oxygens (including phenoxy) is 1. The molecule has 1 aromatic rings. The second-order valence-corrected chi connectivity index (χ2v) is 5.98. The molecule has 5 nitrogen and oxygen atoms in total. The van der Waals surface area contributed by atoms with Crippen LogP contribution in [0.1, 0.15) is 31.7 Å². The van der Waals surface area contributed by atoms with Crippen molar-refractivity contribution in [2.75, 3.05) is 25.0 Å². The summed E-state index contributed by atoms with van der Waals surface area (Å²) in [7, 11) is 0. The Morgan fingerprint density at radius 2 is 2.12 bits per heavy atom. The fraction of sp³-hybridized carbons (Fsp3) is 0.529. The molecule has 1 heterocycles. The quantitative estimate of drug-likeness (QED) is 0.850. The second kappa shape index (κ2) is 8.33. The van der Waals surface area contributed by atoms with Crippen molar-refractivity contribution in [3.8, 4) is 0 Å². The molecule has 1 unspecified atom stereocenters. The number of carbonyl (C=O) groups is 2. The summed E-state index contributed by atoms with van der Waals surface area (Å²) in [5.41, 5.74) is -0.748. The molecule has 1 aromatic carbocycles. The maximum absolute atomic E-state index is 12.7. The fourth-order valence-corrected chi connectivity index (χ4v) is 2.64. The Kier molecular flexibility index (Phi) is 6.41. The highest BCUT2D eigenvalue weighted by Crippen LogP contribution is 2.30. The van der Waals surface area contributed by atoms with E-state index < -0.39 is 17.6 Å². The van der Waals surface area contributed by atoms with Crippen LogP contribution in [0.15, 0.2) is 24.3 Å². The summed E-state index contributed by atoms with van der Waals surface area (Å²) in [4.78, 5) is 25.2. The van der Waals surface area contributed by atoms with E-state index in [0.717, 1.165) is 25.0 Å². The number of benzene rings is 1.